The van der Waals surface area contributed by atoms with Gasteiger partial charge in [0.1, 0.15) is 5.75 Å². The van der Waals surface area contributed by atoms with E-state index < -0.39 is 17.4 Å². The van der Waals surface area contributed by atoms with E-state index in [2.05, 4.69) is 5.32 Å². The molecule has 0 saturated heterocycles. The van der Waals surface area contributed by atoms with Crippen LogP contribution >= 0.6 is 0 Å². The van der Waals surface area contributed by atoms with Gasteiger partial charge in [-0.1, -0.05) is 30.3 Å². The molecule has 2 aromatic carbocycles. The van der Waals surface area contributed by atoms with Crippen LogP contribution in [0.4, 0.5) is 0 Å². The van der Waals surface area contributed by atoms with Crippen LogP contribution < -0.4 is 15.6 Å². The van der Waals surface area contributed by atoms with E-state index in [0.717, 1.165) is 11.1 Å². The molecule has 0 fully saturated rings. The molecule has 0 bridgehead atoms. The zero-order valence-corrected chi connectivity index (χ0v) is 16.2. The minimum absolute atomic E-state index is 0.0691. The van der Waals surface area contributed by atoms with Gasteiger partial charge in [0.25, 0.3) is 5.56 Å². The molecule has 0 radical (unpaired) electrons. The van der Waals surface area contributed by atoms with Crippen LogP contribution in [0.2, 0.25) is 0 Å². The number of benzene rings is 2. The first kappa shape index (κ1) is 20.1. The lowest BCUT2D eigenvalue weighted by molar-refractivity contribution is -0.478. The number of pyridine rings is 1. The Kier molecular flexibility index (Phi) is 5.92. The van der Waals surface area contributed by atoms with E-state index in [-0.39, 0.29) is 18.5 Å². The van der Waals surface area contributed by atoms with Gasteiger partial charge in [-0.2, -0.15) is 0 Å². The molecule has 0 atom stereocenters. The second-order valence-electron chi connectivity index (χ2n) is 6.55. The van der Waals surface area contributed by atoms with Crippen LogP contribution in [0.5, 0.6) is 5.75 Å². The highest BCUT2D eigenvalue weighted by molar-refractivity contribution is 5.98. The number of hydrogen-bond donors (Lipinski definition) is 1. The lowest BCUT2D eigenvalue weighted by Crippen LogP contribution is -2.30. The third kappa shape index (κ3) is 4.26. The summed E-state index contributed by atoms with van der Waals surface area (Å²) in [6, 6.07) is 14.8. The molecule has 0 aliphatic carbocycles. The number of hydrogen-bond acceptors (Lipinski definition) is 5. The lowest BCUT2D eigenvalue weighted by atomic mass is 9.96. The molecule has 3 rings (SSSR count). The van der Waals surface area contributed by atoms with E-state index in [1.54, 1.807) is 32.4 Å². The molecule has 1 amide bonds. The van der Waals surface area contributed by atoms with Gasteiger partial charge in [0.15, 0.2) is 0 Å². The Labute approximate surface area is 166 Å². The molecule has 3 aromatic rings. The summed E-state index contributed by atoms with van der Waals surface area (Å²) in [5.74, 6) is 0.169. The van der Waals surface area contributed by atoms with Crippen molar-refractivity contribution >= 4 is 16.7 Å². The summed E-state index contributed by atoms with van der Waals surface area (Å²) in [6.07, 6.45) is -0.219. The predicted molar refractivity (Wildman–Crippen MR) is 110 cm³/mol. The van der Waals surface area contributed by atoms with Crippen LogP contribution in [0.1, 0.15) is 12.1 Å². The van der Waals surface area contributed by atoms with E-state index in [4.69, 9.17) is 4.74 Å². The summed E-state index contributed by atoms with van der Waals surface area (Å²) >= 11 is 0. The Balaban J connectivity index is 2.14. The summed E-state index contributed by atoms with van der Waals surface area (Å²) in [5, 5.41) is 14.4. The van der Waals surface area contributed by atoms with Gasteiger partial charge in [-0.3, -0.25) is 19.7 Å². The fourth-order valence-electron chi connectivity index (χ4n) is 3.27. The molecular formula is C21H21N3O5. The second-order valence-corrected chi connectivity index (χ2v) is 6.55. The Hall–Kier alpha value is -3.68. The average molecular weight is 395 g/mol. The number of fused-ring (bicyclic) bond motifs is 1. The summed E-state index contributed by atoms with van der Waals surface area (Å²) in [4.78, 5) is 34.9. The number of amides is 1. The Morgan fingerprint density at radius 1 is 1.17 bits per heavy atom. The first-order chi connectivity index (χ1) is 13.9. The van der Waals surface area contributed by atoms with E-state index >= 15 is 0 Å². The minimum atomic E-state index is -0.535. The molecule has 8 nitrogen and oxygen atoms in total. The summed E-state index contributed by atoms with van der Waals surface area (Å²) < 4.78 is 6.84. The van der Waals surface area contributed by atoms with E-state index in [0.29, 0.717) is 22.2 Å². The molecule has 8 heteroatoms. The molecule has 1 aromatic heterocycles. The number of carbonyl (C=O) groups excluding carboxylic acids is 1. The maximum Gasteiger partial charge on any atom is 0.258 e. The van der Waals surface area contributed by atoms with Gasteiger partial charge >= 0.3 is 0 Å². The smallest absolute Gasteiger partial charge is 0.258 e. The molecule has 0 unspecified atom stereocenters. The molecule has 0 spiro atoms. The first-order valence-electron chi connectivity index (χ1n) is 9.06. The van der Waals surface area contributed by atoms with Gasteiger partial charge in [0.2, 0.25) is 12.5 Å². The lowest BCUT2D eigenvalue weighted by Gasteiger charge is -2.18. The number of nitro groups is 1. The number of aromatic nitrogens is 1. The van der Waals surface area contributed by atoms with Crippen LogP contribution in [-0.2, 0) is 18.4 Å². The van der Waals surface area contributed by atoms with E-state index in [1.807, 2.05) is 30.3 Å². The van der Waals surface area contributed by atoms with Crippen molar-refractivity contribution in [1.82, 2.24) is 9.88 Å². The number of methoxy groups -OCH3 is 1. The van der Waals surface area contributed by atoms with Crippen molar-refractivity contribution in [3.63, 3.8) is 0 Å². The number of ether oxygens (including phenoxy) is 1. The fraction of sp³-hybridized carbons (Fsp3) is 0.238. The summed E-state index contributed by atoms with van der Waals surface area (Å²) in [5.41, 5.74) is 2.10. The van der Waals surface area contributed by atoms with Crippen LogP contribution in [0.3, 0.4) is 0 Å². The van der Waals surface area contributed by atoms with Crippen molar-refractivity contribution in [3.8, 4) is 16.9 Å². The maximum absolute atomic E-state index is 12.9. The van der Waals surface area contributed by atoms with Gasteiger partial charge in [-0.25, -0.2) is 0 Å². The van der Waals surface area contributed by atoms with Crippen molar-refractivity contribution < 1.29 is 14.5 Å². The Bertz CT molecular complexity index is 1120. The quantitative estimate of drug-likeness (QED) is 0.489. The van der Waals surface area contributed by atoms with Crippen molar-refractivity contribution in [2.45, 2.75) is 13.0 Å². The standard InChI is InChI=1S/C21H21N3O5/c1-23-18(13-22-19(25)10-11-24(27)28)20(14-6-4-3-5-7-14)17-12-15(29-2)8-9-16(17)21(23)26/h3-9,12H,10-11,13H2,1-2H3,(H,22,25). The van der Waals surface area contributed by atoms with E-state index in [9.17, 15) is 19.7 Å². The molecule has 0 aliphatic heterocycles. The van der Waals surface area contributed by atoms with Crippen LogP contribution in [0, 0.1) is 10.1 Å². The van der Waals surface area contributed by atoms with Crippen molar-refractivity contribution in [3.05, 3.63) is 74.7 Å². The number of carbonyl (C=O) groups is 1. The Morgan fingerprint density at radius 2 is 1.90 bits per heavy atom. The third-order valence-corrected chi connectivity index (χ3v) is 4.76. The van der Waals surface area contributed by atoms with Gasteiger partial charge < -0.3 is 14.6 Å². The SMILES string of the molecule is COc1ccc2c(=O)n(C)c(CNC(=O)CC[N+](=O)[O-])c(-c3ccccc3)c2c1. The normalized spacial score (nSPS) is 10.7. The topological polar surface area (TPSA) is 103 Å². The van der Waals surface area contributed by atoms with Crippen LogP contribution in [0.15, 0.2) is 53.3 Å². The van der Waals surface area contributed by atoms with Crippen molar-refractivity contribution in [2.24, 2.45) is 7.05 Å². The minimum Gasteiger partial charge on any atom is -0.497 e. The van der Waals surface area contributed by atoms with Crippen molar-refractivity contribution in [2.75, 3.05) is 13.7 Å². The van der Waals surface area contributed by atoms with Crippen molar-refractivity contribution in [1.29, 1.82) is 0 Å². The first-order valence-corrected chi connectivity index (χ1v) is 9.06. The molecule has 1 N–H and O–H groups in total. The summed E-state index contributed by atoms with van der Waals surface area (Å²) in [6.45, 7) is -0.370. The highest BCUT2D eigenvalue weighted by Crippen LogP contribution is 2.32. The Morgan fingerprint density at radius 3 is 2.55 bits per heavy atom. The van der Waals surface area contributed by atoms with Gasteiger partial charge in [-0.15, -0.1) is 0 Å². The predicted octanol–water partition coefficient (Wildman–Crippen LogP) is 2.50. The molecule has 0 aliphatic rings. The van der Waals surface area contributed by atoms with Gasteiger partial charge in [0, 0.05) is 34.0 Å². The summed E-state index contributed by atoms with van der Waals surface area (Å²) in [7, 11) is 3.21. The zero-order chi connectivity index (χ0) is 21.0. The second kappa shape index (κ2) is 8.55. The molecule has 0 saturated carbocycles. The van der Waals surface area contributed by atoms with Gasteiger partial charge in [0.05, 0.1) is 20.1 Å². The van der Waals surface area contributed by atoms with Crippen LogP contribution in [-0.4, -0.2) is 29.1 Å². The molecule has 1 heterocycles. The largest absolute Gasteiger partial charge is 0.497 e. The number of rotatable bonds is 7. The van der Waals surface area contributed by atoms with E-state index in [1.165, 1.54) is 4.57 Å². The maximum atomic E-state index is 12.9. The van der Waals surface area contributed by atoms with Crippen LogP contribution in [0.25, 0.3) is 21.9 Å². The average Bonchev–Trinajstić information content (AvgIpc) is 2.73. The third-order valence-electron chi connectivity index (χ3n) is 4.76. The molecular weight excluding hydrogens is 374 g/mol. The zero-order valence-electron chi connectivity index (χ0n) is 16.2. The fourth-order valence-corrected chi connectivity index (χ4v) is 3.27. The van der Waals surface area contributed by atoms with Gasteiger partial charge in [-0.05, 0) is 23.8 Å². The highest BCUT2D eigenvalue weighted by atomic mass is 16.6. The monoisotopic (exact) mass is 395 g/mol. The molecule has 150 valence electrons. The molecule has 29 heavy (non-hydrogen) atoms. The highest BCUT2D eigenvalue weighted by Gasteiger charge is 2.18. The number of nitrogens with zero attached hydrogens (tertiary/aromatic N) is 2. The number of nitrogens with one attached hydrogen (secondary N) is 1.